The molecule has 0 aliphatic heterocycles. The Balaban J connectivity index is 1.37. The molecule has 1 N–H and O–H groups in total. The molecule has 0 saturated carbocycles. The predicted octanol–water partition coefficient (Wildman–Crippen LogP) is 6.18. The SMILES string of the molecule is Cc1ccc(C(=O)CCC(=O)Nc2nc(-c3ccc4ccccc4c3)cs2)cc1C. The lowest BCUT2D eigenvalue weighted by Gasteiger charge is -2.05. The standard InChI is InChI=1S/C25H22N2O2S/c1-16-7-8-21(13-17(16)2)23(28)11-12-24(29)27-25-26-22(15-30-25)20-10-9-18-5-3-4-6-19(18)14-20/h3-10,13-15H,11-12H2,1-2H3,(H,26,27,29). The number of carbonyl (C=O) groups is 2. The number of amides is 1. The van der Waals surface area contributed by atoms with Gasteiger partial charge in [0, 0.05) is 29.3 Å². The molecule has 4 nitrogen and oxygen atoms in total. The van der Waals surface area contributed by atoms with Gasteiger partial charge in [-0.25, -0.2) is 4.98 Å². The van der Waals surface area contributed by atoms with E-state index in [1.807, 2.05) is 55.6 Å². The van der Waals surface area contributed by atoms with E-state index in [2.05, 4.69) is 34.6 Å². The van der Waals surface area contributed by atoms with Crippen molar-refractivity contribution in [2.24, 2.45) is 0 Å². The van der Waals surface area contributed by atoms with Gasteiger partial charge in [-0.05, 0) is 47.9 Å². The van der Waals surface area contributed by atoms with E-state index in [1.54, 1.807) is 0 Å². The summed E-state index contributed by atoms with van der Waals surface area (Å²) in [7, 11) is 0. The Morgan fingerprint density at radius 1 is 0.900 bits per heavy atom. The Morgan fingerprint density at radius 3 is 2.50 bits per heavy atom. The van der Waals surface area contributed by atoms with Gasteiger partial charge in [-0.1, -0.05) is 48.5 Å². The van der Waals surface area contributed by atoms with Gasteiger partial charge in [0.15, 0.2) is 10.9 Å². The van der Waals surface area contributed by atoms with Gasteiger partial charge in [0.05, 0.1) is 5.69 Å². The number of aryl methyl sites for hydroxylation is 2. The van der Waals surface area contributed by atoms with Crippen LogP contribution in [0.1, 0.15) is 34.3 Å². The normalized spacial score (nSPS) is 10.9. The highest BCUT2D eigenvalue weighted by Crippen LogP contribution is 2.28. The zero-order valence-corrected chi connectivity index (χ0v) is 17.8. The molecule has 1 amide bonds. The monoisotopic (exact) mass is 414 g/mol. The van der Waals surface area contributed by atoms with Crippen molar-refractivity contribution in [1.82, 2.24) is 4.98 Å². The lowest BCUT2D eigenvalue weighted by atomic mass is 10.0. The molecule has 5 heteroatoms. The molecule has 0 atom stereocenters. The average Bonchev–Trinajstić information content (AvgIpc) is 3.22. The third-order valence-electron chi connectivity index (χ3n) is 5.20. The van der Waals surface area contributed by atoms with Crippen LogP contribution in [0.25, 0.3) is 22.0 Å². The van der Waals surface area contributed by atoms with Gasteiger partial charge < -0.3 is 5.32 Å². The molecule has 150 valence electrons. The van der Waals surface area contributed by atoms with Gasteiger partial charge in [0.25, 0.3) is 0 Å². The summed E-state index contributed by atoms with van der Waals surface area (Å²) in [5.41, 5.74) is 4.71. The predicted molar refractivity (Wildman–Crippen MR) is 123 cm³/mol. The van der Waals surface area contributed by atoms with E-state index in [4.69, 9.17) is 0 Å². The minimum absolute atomic E-state index is 0.0239. The molecule has 0 spiro atoms. The molecular formula is C25H22N2O2S. The number of hydrogen-bond acceptors (Lipinski definition) is 4. The summed E-state index contributed by atoms with van der Waals surface area (Å²) in [6, 6.07) is 20.0. The number of anilines is 1. The maximum absolute atomic E-state index is 12.4. The summed E-state index contributed by atoms with van der Waals surface area (Å²) in [5.74, 6) is -0.226. The van der Waals surface area contributed by atoms with E-state index in [0.717, 1.165) is 27.8 Å². The third kappa shape index (κ3) is 4.47. The summed E-state index contributed by atoms with van der Waals surface area (Å²) in [6.07, 6.45) is 0.313. The summed E-state index contributed by atoms with van der Waals surface area (Å²) < 4.78 is 0. The maximum atomic E-state index is 12.4. The Hall–Kier alpha value is -3.31. The first-order valence-electron chi connectivity index (χ1n) is 9.84. The van der Waals surface area contributed by atoms with E-state index in [9.17, 15) is 9.59 Å². The third-order valence-corrected chi connectivity index (χ3v) is 5.96. The van der Waals surface area contributed by atoms with Crippen LogP contribution in [-0.4, -0.2) is 16.7 Å². The van der Waals surface area contributed by atoms with Gasteiger partial charge >= 0.3 is 0 Å². The molecule has 3 aromatic carbocycles. The molecule has 0 aliphatic carbocycles. The van der Waals surface area contributed by atoms with Gasteiger partial charge in [0.1, 0.15) is 0 Å². The fraction of sp³-hybridized carbons (Fsp3) is 0.160. The first-order valence-corrected chi connectivity index (χ1v) is 10.7. The van der Waals surface area contributed by atoms with Crippen molar-refractivity contribution < 1.29 is 9.59 Å². The summed E-state index contributed by atoms with van der Waals surface area (Å²) in [5, 5.41) is 7.62. The molecule has 0 saturated heterocycles. The molecule has 0 bridgehead atoms. The van der Waals surface area contributed by atoms with Crippen molar-refractivity contribution in [3.8, 4) is 11.3 Å². The van der Waals surface area contributed by atoms with E-state index in [-0.39, 0.29) is 24.5 Å². The number of fused-ring (bicyclic) bond motifs is 1. The number of hydrogen-bond donors (Lipinski definition) is 1. The van der Waals surface area contributed by atoms with Gasteiger partial charge in [-0.3, -0.25) is 9.59 Å². The van der Waals surface area contributed by atoms with Crippen LogP contribution in [0.3, 0.4) is 0 Å². The van der Waals surface area contributed by atoms with Crippen LogP contribution in [0.15, 0.2) is 66.0 Å². The number of aromatic nitrogens is 1. The zero-order valence-electron chi connectivity index (χ0n) is 16.9. The topological polar surface area (TPSA) is 59.1 Å². The average molecular weight is 415 g/mol. The Bertz CT molecular complexity index is 1240. The Morgan fingerprint density at radius 2 is 1.70 bits per heavy atom. The summed E-state index contributed by atoms with van der Waals surface area (Å²) in [4.78, 5) is 29.2. The van der Waals surface area contributed by atoms with Crippen LogP contribution in [0.2, 0.25) is 0 Å². The number of thiazole rings is 1. The molecule has 4 rings (SSSR count). The summed E-state index contributed by atoms with van der Waals surface area (Å²) >= 11 is 1.38. The second kappa shape index (κ2) is 8.59. The van der Waals surface area contributed by atoms with Crippen molar-refractivity contribution >= 4 is 38.9 Å². The van der Waals surface area contributed by atoms with Crippen molar-refractivity contribution in [3.05, 3.63) is 82.7 Å². The molecular weight excluding hydrogens is 392 g/mol. The minimum atomic E-state index is -0.202. The Kier molecular flexibility index (Phi) is 5.72. The highest BCUT2D eigenvalue weighted by Gasteiger charge is 2.12. The molecule has 0 fully saturated rings. The second-order valence-corrected chi connectivity index (χ2v) is 8.23. The van der Waals surface area contributed by atoms with Crippen LogP contribution in [-0.2, 0) is 4.79 Å². The van der Waals surface area contributed by atoms with Crippen LogP contribution in [0.4, 0.5) is 5.13 Å². The molecule has 4 aromatic rings. The Labute approximate surface area is 179 Å². The van der Waals surface area contributed by atoms with Gasteiger partial charge in [-0.2, -0.15) is 0 Å². The highest BCUT2D eigenvalue weighted by atomic mass is 32.1. The minimum Gasteiger partial charge on any atom is -0.302 e. The van der Waals surface area contributed by atoms with E-state index in [0.29, 0.717) is 10.7 Å². The lowest BCUT2D eigenvalue weighted by molar-refractivity contribution is -0.116. The lowest BCUT2D eigenvalue weighted by Crippen LogP contribution is -2.13. The van der Waals surface area contributed by atoms with E-state index in [1.165, 1.54) is 16.7 Å². The fourth-order valence-electron chi connectivity index (χ4n) is 3.28. The zero-order chi connectivity index (χ0) is 21.1. The van der Waals surface area contributed by atoms with Crippen LogP contribution in [0.5, 0.6) is 0 Å². The molecule has 0 radical (unpaired) electrons. The molecule has 0 aliphatic rings. The largest absolute Gasteiger partial charge is 0.302 e. The first-order chi connectivity index (χ1) is 14.5. The van der Waals surface area contributed by atoms with Crippen LogP contribution < -0.4 is 5.32 Å². The van der Waals surface area contributed by atoms with Crippen molar-refractivity contribution in [3.63, 3.8) is 0 Å². The first kappa shape index (κ1) is 20.0. The molecule has 30 heavy (non-hydrogen) atoms. The fourth-order valence-corrected chi connectivity index (χ4v) is 4.02. The maximum Gasteiger partial charge on any atom is 0.226 e. The number of benzene rings is 3. The van der Waals surface area contributed by atoms with Crippen molar-refractivity contribution in [1.29, 1.82) is 0 Å². The second-order valence-electron chi connectivity index (χ2n) is 7.37. The number of Topliss-reactive ketones (excluding diaryl/α,β-unsaturated/α-hetero) is 1. The number of nitrogens with zero attached hydrogens (tertiary/aromatic N) is 1. The molecule has 1 aromatic heterocycles. The molecule has 1 heterocycles. The molecule has 0 unspecified atom stereocenters. The van der Waals surface area contributed by atoms with Crippen molar-refractivity contribution in [2.75, 3.05) is 5.32 Å². The number of nitrogens with one attached hydrogen (secondary N) is 1. The summed E-state index contributed by atoms with van der Waals surface area (Å²) in [6.45, 7) is 3.99. The van der Waals surface area contributed by atoms with E-state index >= 15 is 0 Å². The number of ketones is 1. The smallest absolute Gasteiger partial charge is 0.226 e. The number of carbonyl (C=O) groups excluding carboxylic acids is 2. The van der Waals surface area contributed by atoms with E-state index < -0.39 is 0 Å². The number of rotatable bonds is 6. The highest BCUT2D eigenvalue weighted by molar-refractivity contribution is 7.14. The van der Waals surface area contributed by atoms with Gasteiger partial charge in [0.2, 0.25) is 5.91 Å². The van der Waals surface area contributed by atoms with Crippen molar-refractivity contribution in [2.45, 2.75) is 26.7 Å². The quantitative estimate of drug-likeness (QED) is 0.383. The van der Waals surface area contributed by atoms with Crippen LogP contribution in [0, 0.1) is 13.8 Å². The van der Waals surface area contributed by atoms with Gasteiger partial charge in [-0.15, -0.1) is 11.3 Å². The van der Waals surface area contributed by atoms with Crippen LogP contribution >= 0.6 is 11.3 Å².